The number of thiophene rings is 1. The molecule has 11 rings (SSSR count). The second-order valence-corrected chi connectivity index (χ2v) is 15.2. The molecule has 0 saturated carbocycles. The molecule has 0 spiro atoms. The van der Waals surface area contributed by atoms with Crippen LogP contribution in [0.1, 0.15) is 0 Å². The lowest BCUT2D eigenvalue weighted by Gasteiger charge is -2.26. The molecule has 0 saturated heterocycles. The SMILES string of the molecule is c1cc(-c2cccc3oc4ccccc4c23)cc(N(c2ccc(-c3ccc(-c4cccc5ccccc45)cc3)cc2)c2ccc3sc4ccccc4c3c2)c1. The average molecular weight is 720 g/mol. The summed E-state index contributed by atoms with van der Waals surface area (Å²) in [7, 11) is 0. The van der Waals surface area contributed by atoms with Crippen molar-refractivity contribution < 1.29 is 4.42 Å². The van der Waals surface area contributed by atoms with Crippen molar-refractivity contribution in [2.24, 2.45) is 0 Å². The topological polar surface area (TPSA) is 16.4 Å². The van der Waals surface area contributed by atoms with Crippen molar-refractivity contribution in [3.05, 3.63) is 200 Å². The van der Waals surface area contributed by atoms with E-state index in [1.807, 2.05) is 23.5 Å². The number of furan rings is 1. The van der Waals surface area contributed by atoms with Gasteiger partial charge in [-0.05, 0) is 105 Å². The van der Waals surface area contributed by atoms with Gasteiger partial charge in [0, 0.05) is 48.0 Å². The zero-order valence-corrected chi connectivity index (χ0v) is 30.6. The number of anilines is 3. The van der Waals surface area contributed by atoms with Crippen LogP contribution in [-0.4, -0.2) is 0 Å². The minimum absolute atomic E-state index is 0.900. The first-order valence-electron chi connectivity index (χ1n) is 18.7. The van der Waals surface area contributed by atoms with Crippen LogP contribution in [0.4, 0.5) is 17.1 Å². The van der Waals surface area contributed by atoms with Crippen LogP contribution in [0.5, 0.6) is 0 Å². The Morgan fingerprint density at radius 2 is 0.945 bits per heavy atom. The van der Waals surface area contributed by atoms with Gasteiger partial charge in [0.2, 0.25) is 0 Å². The molecule has 2 heterocycles. The third-order valence-corrected chi connectivity index (χ3v) is 12.0. The summed E-state index contributed by atoms with van der Waals surface area (Å²) < 4.78 is 8.88. The summed E-state index contributed by atoms with van der Waals surface area (Å²) in [5, 5.41) is 7.37. The van der Waals surface area contributed by atoms with Gasteiger partial charge in [0.25, 0.3) is 0 Å². The summed E-state index contributed by atoms with van der Waals surface area (Å²) in [6.07, 6.45) is 0. The molecule has 3 heteroatoms. The van der Waals surface area contributed by atoms with Gasteiger partial charge in [0.15, 0.2) is 0 Å². The second-order valence-electron chi connectivity index (χ2n) is 14.1. The first kappa shape index (κ1) is 31.6. The third-order valence-electron chi connectivity index (χ3n) is 10.9. The van der Waals surface area contributed by atoms with Crippen LogP contribution in [-0.2, 0) is 0 Å². The zero-order valence-electron chi connectivity index (χ0n) is 29.8. The lowest BCUT2D eigenvalue weighted by molar-refractivity contribution is 0.669. The largest absolute Gasteiger partial charge is 0.456 e. The van der Waals surface area contributed by atoms with Gasteiger partial charge >= 0.3 is 0 Å². The Morgan fingerprint density at radius 3 is 1.82 bits per heavy atom. The highest BCUT2D eigenvalue weighted by Gasteiger charge is 2.18. The highest BCUT2D eigenvalue weighted by molar-refractivity contribution is 7.25. The fourth-order valence-corrected chi connectivity index (χ4v) is 9.34. The molecular weight excluding hydrogens is 687 g/mol. The molecule has 258 valence electrons. The maximum absolute atomic E-state index is 6.28. The minimum atomic E-state index is 0.900. The first-order chi connectivity index (χ1) is 27.2. The van der Waals surface area contributed by atoms with Crippen molar-refractivity contribution in [1.82, 2.24) is 0 Å². The lowest BCUT2D eigenvalue weighted by Crippen LogP contribution is -2.10. The number of para-hydroxylation sites is 1. The van der Waals surface area contributed by atoms with E-state index in [4.69, 9.17) is 4.42 Å². The molecule has 0 N–H and O–H groups in total. The highest BCUT2D eigenvalue weighted by Crippen LogP contribution is 2.43. The van der Waals surface area contributed by atoms with E-state index in [1.165, 1.54) is 53.2 Å². The Kier molecular flexibility index (Phi) is 7.39. The molecule has 0 radical (unpaired) electrons. The van der Waals surface area contributed by atoms with Crippen molar-refractivity contribution in [1.29, 1.82) is 0 Å². The highest BCUT2D eigenvalue weighted by atomic mass is 32.1. The normalized spacial score (nSPS) is 11.6. The molecule has 0 aliphatic heterocycles. The third kappa shape index (κ3) is 5.40. The number of nitrogens with zero attached hydrogens (tertiary/aromatic N) is 1. The van der Waals surface area contributed by atoms with Crippen molar-refractivity contribution in [2.45, 2.75) is 0 Å². The van der Waals surface area contributed by atoms with Gasteiger partial charge in [-0.3, -0.25) is 0 Å². The molecule has 0 aliphatic carbocycles. The molecule has 2 nitrogen and oxygen atoms in total. The van der Waals surface area contributed by atoms with E-state index in [-0.39, 0.29) is 0 Å². The summed E-state index contributed by atoms with van der Waals surface area (Å²) in [6, 6.07) is 72.3. The molecule has 0 fully saturated rings. The molecule has 0 atom stereocenters. The smallest absolute Gasteiger partial charge is 0.136 e. The van der Waals surface area contributed by atoms with Gasteiger partial charge in [-0.25, -0.2) is 0 Å². The Bertz CT molecular complexity index is 3200. The molecular formula is C52H33NOS. The predicted molar refractivity (Wildman–Crippen MR) is 235 cm³/mol. The number of benzene rings is 9. The van der Waals surface area contributed by atoms with Gasteiger partial charge in [0.1, 0.15) is 11.2 Å². The summed E-state index contributed by atoms with van der Waals surface area (Å²) in [6.45, 7) is 0. The average Bonchev–Trinajstić information content (AvgIpc) is 3.82. The fraction of sp³-hybridized carbons (Fsp3) is 0. The number of rotatable bonds is 6. The molecule has 2 aromatic heterocycles. The van der Waals surface area contributed by atoms with Gasteiger partial charge in [0.05, 0.1) is 0 Å². The van der Waals surface area contributed by atoms with E-state index < -0.39 is 0 Å². The molecule has 9 aromatic carbocycles. The Hall–Kier alpha value is -6.94. The van der Waals surface area contributed by atoms with Crippen LogP contribution < -0.4 is 4.90 Å². The van der Waals surface area contributed by atoms with Crippen molar-refractivity contribution in [2.75, 3.05) is 4.90 Å². The van der Waals surface area contributed by atoms with Crippen molar-refractivity contribution >= 4 is 81.3 Å². The maximum atomic E-state index is 6.28. The van der Waals surface area contributed by atoms with Crippen LogP contribution in [0.25, 0.3) is 86.3 Å². The van der Waals surface area contributed by atoms with E-state index in [0.717, 1.165) is 50.1 Å². The summed E-state index contributed by atoms with van der Waals surface area (Å²) in [5.74, 6) is 0. The van der Waals surface area contributed by atoms with Crippen molar-refractivity contribution in [3.8, 4) is 33.4 Å². The van der Waals surface area contributed by atoms with Gasteiger partial charge in [-0.15, -0.1) is 11.3 Å². The summed E-state index contributed by atoms with van der Waals surface area (Å²) in [5.41, 5.74) is 12.3. The summed E-state index contributed by atoms with van der Waals surface area (Å²) >= 11 is 1.85. The van der Waals surface area contributed by atoms with Crippen molar-refractivity contribution in [3.63, 3.8) is 0 Å². The second kappa shape index (κ2) is 12.9. The monoisotopic (exact) mass is 719 g/mol. The number of fused-ring (bicyclic) bond motifs is 7. The van der Waals surface area contributed by atoms with Gasteiger partial charge < -0.3 is 9.32 Å². The van der Waals surface area contributed by atoms with E-state index in [0.29, 0.717) is 0 Å². The maximum Gasteiger partial charge on any atom is 0.136 e. The summed E-state index contributed by atoms with van der Waals surface area (Å²) in [4.78, 5) is 2.39. The van der Waals surface area contributed by atoms with Crippen LogP contribution in [0, 0.1) is 0 Å². The van der Waals surface area contributed by atoms with E-state index >= 15 is 0 Å². The molecule has 55 heavy (non-hydrogen) atoms. The first-order valence-corrected chi connectivity index (χ1v) is 19.5. The standard InChI is InChI=1S/C52H33NOS/c1-2-14-42-36(10-1)11-8-17-43(42)37-24-22-34(23-25-37)35-26-28-39(29-27-35)53(41-30-31-51-47(33-41)45-15-4-6-21-50(45)55-51)40-13-7-12-38(32-40)44-18-9-20-49-52(44)46-16-3-5-19-48(46)54-49/h1-33H. The molecule has 0 amide bonds. The van der Waals surface area contributed by atoms with Gasteiger partial charge in [-0.2, -0.15) is 0 Å². The quantitative estimate of drug-likeness (QED) is 0.170. The van der Waals surface area contributed by atoms with Crippen LogP contribution in [0.15, 0.2) is 205 Å². The molecule has 11 aromatic rings. The molecule has 0 bridgehead atoms. The van der Waals surface area contributed by atoms with Crippen LogP contribution in [0.3, 0.4) is 0 Å². The van der Waals surface area contributed by atoms with E-state index in [1.54, 1.807) is 0 Å². The fourth-order valence-electron chi connectivity index (χ4n) is 8.25. The van der Waals surface area contributed by atoms with E-state index in [2.05, 4.69) is 193 Å². The van der Waals surface area contributed by atoms with Crippen LogP contribution in [0.2, 0.25) is 0 Å². The van der Waals surface area contributed by atoms with E-state index in [9.17, 15) is 0 Å². The number of hydrogen-bond acceptors (Lipinski definition) is 3. The zero-order chi connectivity index (χ0) is 36.3. The lowest BCUT2D eigenvalue weighted by atomic mass is 9.96. The molecule has 0 aliphatic rings. The number of hydrogen-bond donors (Lipinski definition) is 0. The Morgan fingerprint density at radius 1 is 0.345 bits per heavy atom. The minimum Gasteiger partial charge on any atom is -0.456 e. The Balaban J connectivity index is 1.02. The van der Waals surface area contributed by atoms with Gasteiger partial charge in [-0.1, -0.05) is 140 Å². The Labute approximate surface area is 322 Å². The molecule has 0 unspecified atom stereocenters. The predicted octanol–water partition coefficient (Wildman–Crippen LogP) is 15.6. The van der Waals surface area contributed by atoms with Crippen LogP contribution >= 0.6 is 11.3 Å².